The van der Waals surface area contributed by atoms with E-state index >= 15 is 0 Å². The Bertz CT molecular complexity index is 1070. The second-order valence-electron chi connectivity index (χ2n) is 8.56. The molecule has 0 radical (unpaired) electrons. The molecule has 5 nitrogen and oxygen atoms in total. The summed E-state index contributed by atoms with van der Waals surface area (Å²) in [5, 5.41) is 0. The Kier molecular flexibility index (Phi) is 5.43. The zero-order valence-electron chi connectivity index (χ0n) is 17.9. The van der Waals surface area contributed by atoms with Gasteiger partial charge in [-0.05, 0) is 55.6 Å². The van der Waals surface area contributed by atoms with Crippen molar-refractivity contribution in [2.75, 3.05) is 33.2 Å². The second kappa shape index (κ2) is 8.39. The largest absolute Gasteiger partial charge is 0.340 e. The third kappa shape index (κ3) is 4.00. The first-order chi connectivity index (χ1) is 15.5. The van der Waals surface area contributed by atoms with Crippen molar-refractivity contribution in [3.8, 4) is 22.5 Å². The summed E-state index contributed by atoms with van der Waals surface area (Å²) in [5.41, 5.74) is 4.31. The molecule has 1 aliphatic carbocycles. The van der Waals surface area contributed by atoms with E-state index in [-0.39, 0.29) is 23.5 Å². The number of hydrogen-bond donors (Lipinski definition) is 0. The predicted molar refractivity (Wildman–Crippen MR) is 118 cm³/mol. The Balaban J connectivity index is 1.50. The zero-order chi connectivity index (χ0) is 22.2. The van der Waals surface area contributed by atoms with Crippen LogP contribution in [0.15, 0.2) is 48.5 Å². The second-order valence-corrected chi connectivity index (χ2v) is 8.56. The minimum atomic E-state index is -0.330. The van der Waals surface area contributed by atoms with Crippen molar-refractivity contribution >= 4 is 5.91 Å². The number of aromatic nitrogens is 2. The molecule has 5 rings (SSSR count). The van der Waals surface area contributed by atoms with E-state index in [9.17, 15) is 13.6 Å². The Hall–Kier alpha value is -3.19. The van der Waals surface area contributed by atoms with Crippen LogP contribution in [-0.2, 0) is 17.6 Å². The fourth-order valence-corrected chi connectivity index (χ4v) is 4.45. The van der Waals surface area contributed by atoms with E-state index in [0.29, 0.717) is 24.2 Å². The Labute approximate surface area is 185 Å². The van der Waals surface area contributed by atoms with Gasteiger partial charge in [0.1, 0.15) is 11.6 Å². The lowest BCUT2D eigenvalue weighted by atomic mass is 10.0. The number of piperazine rings is 1. The summed E-state index contributed by atoms with van der Waals surface area (Å²) in [7, 11) is 2.06. The fourth-order valence-electron chi connectivity index (χ4n) is 4.45. The maximum Gasteiger partial charge on any atom is 0.226 e. The lowest BCUT2D eigenvalue weighted by Gasteiger charge is -2.33. The molecule has 0 spiro atoms. The Morgan fingerprint density at radius 2 is 1.22 bits per heavy atom. The highest BCUT2D eigenvalue weighted by atomic mass is 19.1. The third-order valence-electron chi connectivity index (χ3n) is 6.33. The highest BCUT2D eigenvalue weighted by Crippen LogP contribution is 2.34. The van der Waals surface area contributed by atoms with E-state index < -0.39 is 0 Å². The molecular weight excluding hydrogens is 410 g/mol. The van der Waals surface area contributed by atoms with Crippen molar-refractivity contribution < 1.29 is 13.6 Å². The molecule has 1 saturated heterocycles. The standard InChI is InChI=1S/C25H24F2N4O/c1-30-10-12-31(13-11-30)25(32)18-14-21-22(15-18)29-24(17-4-8-20(27)9-5-17)23(28-21)16-2-6-19(26)7-3-16/h2-9,18H,10-15H2,1H3. The average Bonchev–Trinajstić information content (AvgIpc) is 3.22. The van der Waals surface area contributed by atoms with Crippen molar-refractivity contribution in [2.24, 2.45) is 5.92 Å². The minimum Gasteiger partial charge on any atom is -0.340 e. The lowest BCUT2D eigenvalue weighted by Crippen LogP contribution is -2.49. The van der Waals surface area contributed by atoms with Gasteiger partial charge in [0.15, 0.2) is 0 Å². The summed E-state index contributed by atoms with van der Waals surface area (Å²) in [6, 6.07) is 12.2. The van der Waals surface area contributed by atoms with Crippen LogP contribution in [0.2, 0.25) is 0 Å². The van der Waals surface area contributed by atoms with Crippen molar-refractivity contribution in [1.82, 2.24) is 19.8 Å². The number of benzene rings is 2. The van der Waals surface area contributed by atoms with Crippen LogP contribution >= 0.6 is 0 Å². The number of fused-ring (bicyclic) bond motifs is 1. The summed E-state index contributed by atoms with van der Waals surface area (Å²) >= 11 is 0. The number of nitrogens with zero attached hydrogens (tertiary/aromatic N) is 4. The quantitative estimate of drug-likeness (QED) is 0.632. The molecule has 0 unspecified atom stereocenters. The van der Waals surface area contributed by atoms with Gasteiger partial charge in [0.05, 0.1) is 22.8 Å². The van der Waals surface area contributed by atoms with Gasteiger partial charge in [0, 0.05) is 56.1 Å². The van der Waals surface area contributed by atoms with Crippen LogP contribution < -0.4 is 0 Å². The highest BCUT2D eigenvalue weighted by molar-refractivity contribution is 5.82. The normalized spacial score (nSPS) is 16.9. The molecule has 1 amide bonds. The summed E-state index contributed by atoms with van der Waals surface area (Å²) in [6.45, 7) is 3.24. The third-order valence-corrected chi connectivity index (χ3v) is 6.33. The molecule has 7 heteroatoms. The molecule has 164 valence electrons. The molecule has 0 N–H and O–H groups in total. The van der Waals surface area contributed by atoms with E-state index in [4.69, 9.17) is 9.97 Å². The van der Waals surface area contributed by atoms with Gasteiger partial charge in [0.2, 0.25) is 5.91 Å². The van der Waals surface area contributed by atoms with E-state index in [1.54, 1.807) is 24.3 Å². The topological polar surface area (TPSA) is 49.3 Å². The molecule has 1 fully saturated rings. The van der Waals surface area contributed by atoms with Crippen molar-refractivity contribution in [1.29, 1.82) is 0 Å². The van der Waals surface area contributed by atoms with Crippen LogP contribution in [0.1, 0.15) is 11.4 Å². The van der Waals surface area contributed by atoms with E-state index in [1.807, 2.05) is 4.90 Å². The number of amides is 1. The molecule has 32 heavy (non-hydrogen) atoms. The first-order valence-electron chi connectivity index (χ1n) is 10.9. The molecule has 1 aliphatic heterocycles. The lowest BCUT2D eigenvalue weighted by molar-refractivity contribution is -0.136. The minimum absolute atomic E-state index is 0.157. The molecule has 2 aliphatic rings. The SMILES string of the molecule is CN1CCN(C(=O)C2Cc3nc(-c4ccc(F)cc4)c(-c4ccc(F)cc4)nc3C2)CC1. The maximum absolute atomic E-state index is 13.5. The summed E-state index contributed by atoms with van der Waals surface area (Å²) < 4.78 is 27.0. The van der Waals surface area contributed by atoms with Crippen molar-refractivity contribution in [3.63, 3.8) is 0 Å². The van der Waals surface area contributed by atoms with Crippen LogP contribution in [0, 0.1) is 17.6 Å². The Morgan fingerprint density at radius 1 is 0.781 bits per heavy atom. The first kappa shape index (κ1) is 20.7. The van der Waals surface area contributed by atoms with Crippen LogP contribution in [0.25, 0.3) is 22.5 Å². The van der Waals surface area contributed by atoms with Gasteiger partial charge in [-0.15, -0.1) is 0 Å². The molecule has 3 aromatic rings. The maximum atomic E-state index is 13.5. The van der Waals surface area contributed by atoms with Gasteiger partial charge >= 0.3 is 0 Å². The predicted octanol–water partition coefficient (Wildman–Crippen LogP) is 3.58. The number of likely N-dealkylation sites (N-methyl/N-ethyl adjacent to an activating group) is 1. The van der Waals surface area contributed by atoms with Gasteiger partial charge in [-0.3, -0.25) is 4.79 Å². The smallest absolute Gasteiger partial charge is 0.226 e. The number of rotatable bonds is 3. The van der Waals surface area contributed by atoms with E-state index in [1.165, 1.54) is 24.3 Å². The summed E-state index contributed by atoms with van der Waals surface area (Å²) in [6.07, 6.45) is 1.09. The number of carbonyl (C=O) groups excluding carboxylic acids is 1. The molecule has 0 bridgehead atoms. The van der Waals surface area contributed by atoms with E-state index in [2.05, 4.69) is 11.9 Å². The van der Waals surface area contributed by atoms with Crippen LogP contribution in [0.5, 0.6) is 0 Å². The summed E-state index contributed by atoms with van der Waals surface area (Å²) in [4.78, 5) is 27.1. The molecule has 0 saturated carbocycles. The number of carbonyl (C=O) groups is 1. The first-order valence-corrected chi connectivity index (χ1v) is 10.9. The number of halogens is 2. The molecule has 2 aromatic carbocycles. The van der Waals surface area contributed by atoms with Gasteiger partial charge in [-0.1, -0.05) is 0 Å². The molecule has 2 heterocycles. The summed E-state index contributed by atoms with van der Waals surface area (Å²) in [5.74, 6) is -0.671. The van der Waals surface area contributed by atoms with Gasteiger partial charge in [-0.2, -0.15) is 0 Å². The molecule has 1 aromatic heterocycles. The Morgan fingerprint density at radius 3 is 1.66 bits per heavy atom. The average molecular weight is 434 g/mol. The van der Waals surface area contributed by atoms with Crippen LogP contribution in [0.4, 0.5) is 8.78 Å². The molecule has 0 atom stereocenters. The van der Waals surface area contributed by atoms with E-state index in [0.717, 1.165) is 48.7 Å². The van der Waals surface area contributed by atoms with Gasteiger partial charge < -0.3 is 9.80 Å². The fraction of sp³-hybridized carbons (Fsp3) is 0.320. The number of hydrogen-bond acceptors (Lipinski definition) is 4. The van der Waals surface area contributed by atoms with Gasteiger partial charge in [0.25, 0.3) is 0 Å². The van der Waals surface area contributed by atoms with Crippen LogP contribution in [-0.4, -0.2) is 58.9 Å². The highest BCUT2D eigenvalue weighted by Gasteiger charge is 2.34. The van der Waals surface area contributed by atoms with Crippen LogP contribution in [0.3, 0.4) is 0 Å². The van der Waals surface area contributed by atoms with Crippen molar-refractivity contribution in [2.45, 2.75) is 12.8 Å². The monoisotopic (exact) mass is 434 g/mol. The van der Waals surface area contributed by atoms with Gasteiger partial charge in [-0.25, -0.2) is 18.7 Å². The zero-order valence-corrected chi connectivity index (χ0v) is 17.9. The molecular formula is C25H24F2N4O. The van der Waals surface area contributed by atoms with Crippen molar-refractivity contribution in [3.05, 3.63) is 71.6 Å².